The molecule has 1 saturated heterocycles. The molecule has 2 fully saturated rings. The highest BCUT2D eigenvalue weighted by Crippen LogP contribution is 2.52. The molecule has 0 atom stereocenters. The largest absolute Gasteiger partial charge is 0.490 e. The number of pyridine rings is 1. The van der Waals surface area contributed by atoms with E-state index in [1.54, 1.807) is 16.0 Å². The Bertz CT molecular complexity index is 1700. The van der Waals surface area contributed by atoms with Crippen molar-refractivity contribution in [2.75, 3.05) is 31.1 Å². The number of carbonyl (C=O) groups is 2. The number of anilines is 1. The lowest BCUT2D eigenvalue weighted by Crippen LogP contribution is -2.65. The van der Waals surface area contributed by atoms with Crippen LogP contribution in [0.15, 0.2) is 30.5 Å². The molecular weight excluding hydrogens is 641 g/mol. The van der Waals surface area contributed by atoms with Crippen molar-refractivity contribution in [2.24, 2.45) is 5.41 Å². The zero-order chi connectivity index (χ0) is 34.4. The Hall–Kier alpha value is -4.26. The number of halogens is 2. The molecule has 2 aliphatic heterocycles. The minimum atomic E-state index is -0.574. The molecule has 1 spiro atoms. The van der Waals surface area contributed by atoms with Crippen molar-refractivity contribution in [3.8, 4) is 17.4 Å². The average molecular weight is 682 g/mol. The summed E-state index contributed by atoms with van der Waals surface area (Å²) >= 11 is 6.16. The van der Waals surface area contributed by atoms with Crippen molar-refractivity contribution < 1.29 is 28.2 Å². The molecule has 12 nitrogen and oxygen atoms in total. The Morgan fingerprint density at radius 2 is 1.90 bits per heavy atom. The van der Waals surface area contributed by atoms with E-state index in [2.05, 4.69) is 20.2 Å². The van der Waals surface area contributed by atoms with E-state index in [-0.39, 0.29) is 52.0 Å². The van der Waals surface area contributed by atoms with Crippen LogP contribution < -0.4 is 14.4 Å². The van der Waals surface area contributed by atoms with Crippen LogP contribution in [0.1, 0.15) is 76.0 Å². The van der Waals surface area contributed by atoms with Crippen LogP contribution in [0, 0.1) is 11.2 Å². The van der Waals surface area contributed by atoms with Gasteiger partial charge in [0.2, 0.25) is 5.28 Å². The highest BCUT2D eigenvalue weighted by molar-refractivity contribution is 6.28. The average Bonchev–Trinajstić information content (AvgIpc) is 2.98. The van der Waals surface area contributed by atoms with Crippen molar-refractivity contribution in [1.82, 2.24) is 30.0 Å². The minimum Gasteiger partial charge on any atom is -0.490 e. The topological polar surface area (TPSA) is 123 Å². The number of rotatable bonds is 8. The zero-order valence-electron chi connectivity index (χ0n) is 28.1. The fraction of sp³-hybridized carbons (Fsp3) is 0.529. The number of hydrogen-bond acceptors (Lipinski definition) is 10. The second-order valence-corrected chi connectivity index (χ2v) is 14.4. The lowest BCUT2D eigenvalue weighted by Gasteiger charge is -2.58. The predicted molar refractivity (Wildman–Crippen MR) is 176 cm³/mol. The third-order valence-electron chi connectivity index (χ3n) is 8.90. The number of hydrogen-bond donors (Lipinski definition) is 0. The van der Waals surface area contributed by atoms with E-state index in [1.807, 2.05) is 52.5 Å². The molecule has 6 rings (SSSR count). The Balaban J connectivity index is 1.11. The van der Waals surface area contributed by atoms with Crippen LogP contribution in [-0.4, -0.2) is 85.9 Å². The van der Waals surface area contributed by atoms with Gasteiger partial charge < -0.3 is 28.9 Å². The molecule has 2 amide bonds. The number of benzene rings is 1. The molecule has 1 saturated carbocycles. The first-order valence-corrected chi connectivity index (χ1v) is 16.7. The number of nitrogens with zero attached hydrogens (tertiary/aromatic N) is 7. The Labute approximate surface area is 284 Å². The van der Waals surface area contributed by atoms with E-state index in [9.17, 15) is 14.0 Å². The van der Waals surface area contributed by atoms with Crippen LogP contribution >= 0.6 is 11.6 Å². The van der Waals surface area contributed by atoms with Crippen molar-refractivity contribution in [2.45, 2.75) is 85.1 Å². The van der Waals surface area contributed by atoms with Crippen molar-refractivity contribution in [3.05, 3.63) is 58.4 Å². The van der Waals surface area contributed by atoms with E-state index in [0.717, 1.165) is 29.8 Å². The first kappa shape index (κ1) is 33.6. The third kappa shape index (κ3) is 6.96. The van der Waals surface area contributed by atoms with Gasteiger partial charge in [0, 0.05) is 55.8 Å². The molecule has 1 aliphatic carbocycles. The van der Waals surface area contributed by atoms with Crippen LogP contribution in [0.5, 0.6) is 17.4 Å². The molecule has 256 valence electrons. The quantitative estimate of drug-likeness (QED) is 0.277. The zero-order valence-corrected chi connectivity index (χ0v) is 28.9. The van der Waals surface area contributed by atoms with Gasteiger partial charge in [-0.3, -0.25) is 9.78 Å². The number of carbonyl (C=O) groups excluding carboxylic acids is 2. The monoisotopic (exact) mass is 681 g/mol. The smallest absolute Gasteiger partial charge is 0.410 e. The normalized spacial score (nSPS) is 17.0. The first-order chi connectivity index (χ1) is 22.7. The number of aromatic nitrogens is 4. The lowest BCUT2D eigenvalue weighted by atomic mass is 9.61. The molecule has 1 aromatic carbocycles. The van der Waals surface area contributed by atoms with E-state index in [0.29, 0.717) is 45.0 Å². The van der Waals surface area contributed by atoms with E-state index >= 15 is 0 Å². The Morgan fingerprint density at radius 3 is 2.58 bits per heavy atom. The highest BCUT2D eigenvalue weighted by Gasteiger charge is 2.54. The van der Waals surface area contributed by atoms with Gasteiger partial charge in [0.05, 0.1) is 17.8 Å². The van der Waals surface area contributed by atoms with Crippen LogP contribution in [0.25, 0.3) is 0 Å². The van der Waals surface area contributed by atoms with Gasteiger partial charge in [0.15, 0.2) is 5.82 Å². The molecule has 0 bridgehead atoms. The molecule has 48 heavy (non-hydrogen) atoms. The van der Waals surface area contributed by atoms with Crippen LogP contribution in [0.4, 0.5) is 15.0 Å². The van der Waals surface area contributed by atoms with Gasteiger partial charge in [-0.15, -0.1) is 10.2 Å². The molecule has 0 radical (unpaired) electrons. The second kappa shape index (κ2) is 13.0. The predicted octanol–water partition coefficient (Wildman–Crippen LogP) is 6.06. The third-order valence-corrected chi connectivity index (χ3v) is 9.06. The summed E-state index contributed by atoms with van der Waals surface area (Å²) in [5.74, 6) is 0.468. The lowest BCUT2D eigenvalue weighted by molar-refractivity contribution is -0.0353. The Morgan fingerprint density at radius 1 is 1.15 bits per heavy atom. The molecular formula is C34H41ClFN7O5. The SMILES string of the molecule is CCN(C(=O)c1cc(F)ccc1Oc1nnc(Cl)nc1N1CC2(CC(Oc3ccnc4c3CN(C(=O)OC(C)(C)C)CC4)C2)C1)C(C)C. The van der Waals surface area contributed by atoms with Gasteiger partial charge in [-0.2, -0.15) is 4.98 Å². The van der Waals surface area contributed by atoms with Crippen LogP contribution in [-0.2, 0) is 17.7 Å². The van der Waals surface area contributed by atoms with Crippen molar-refractivity contribution >= 4 is 29.4 Å². The summed E-state index contributed by atoms with van der Waals surface area (Å²) in [5, 5.41) is 7.98. The molecule has 3 aromatic rings. The summed E-state index contributed by atoms with van der Waals surface area (Å²) < 4.78 is 32.5. The van der Waals surface area contributed by atoms with E-state index in [1.165, 1.54) is 18.2 Å². The molecule has 14 heteroatoms. The van der Waals surface area contributed by atoms with E-state index < -0.39 is 11.4 Å². The summed E-state index contributed by atoms with van der Waals surface area (Å²) in [6, 6.07) is 5.59. The van der Waals surface area contributed by atoms with Gasteiger partial charge >= 0.3 is 6.09 Å². The second-order valence-electron chi connectivity index (χ2n) is 14.0. The summed E-state index contributed by atoms with van der Waals surface area (Å²) in [4.78, 5) is 40.4. The minimum absolute atomic E-state index is 0.00800. The van der Waals surface area contributed by atoms with Gasteiger partial charge in [-0.25, -0.2) is 9.18 Å². The van der Waals surface area contributed by atoms with Crippen LogP contribution in [0.3, 0.4) is 0 Å². The summed E-state index contributed by atoms with van der Waals surface area (Å²) in [6.45, 7) is 14.0. The summed E-state index contributed by atoms with van der Waals surface area (Å²) in [6.07, 6.45) is 3.72. The van der Waals surface area contributed by atoms with Crippen LogP contribution in [0.2, 0.25) is 5.28 Å². The first-order valence-electron chi connectivity index (χ1n) is 16.3. The van der Waals surface area contributed by atoms with Gasteiger partial charge in [0.25, 0.3) is 11.8 Å². The molecule has 0 N–H and O–H groups in total. The van der Waals surface area contributed by atoms with Gasteiger partial charge in [-0.1, -0.05) is 0 Å². The number of amides is 2. The maximum atomic E-state index is 14.3. The maximum absolute atomic E-state index is 14.3. The summed E-state index contributed by atoms with van der Waals surface area (Å²) in [7, 11) is 0. The van der Waals surface area contributed by atoms with Gasteiger partial charge in [-0.05, 0) is 90.3 Å². The van der Waals surface area contributed by atoms with Crippen molar-refractivity contribution in [3.63, 3.8) is 0 Å². The summed E-state index contributed by atoms with van der Waals surface area (Å²) in [5.41, 5.74) is 1.39. The standard InChI is InChI=1S/C34H41ClFN7O5/c1-7-43(20(2)3)30(44)23-14-21(36)8-9-26(23)47-29-28(38-31(35)40-39-29)42-18-34(19-42)15-22(16-34)46-27-10-12-37-25-11-13-41(17-24(25)27)32(45)48-33(4,5)6/h8-10,12,14,20,22H,7,11,13,15-19H2,1-6H3. The highest BCUT2D eigenvalue weighted by atomic mass is 35.5. The van der Waals surface area contributed by atoms with E-state index in [4.69, 9.17) is 25.8 Å². The van der Waals surface area contributed by atoms with Crippen molar-refractivity contribution in [1.29, 1.82) is 0 Å². The molecule has 0 unspecified atom stereocenters. The fourth-order valence-electron chi connectivity index (χ4n) is 6.67. The number of fused-ring (bicyclic) bond motifs is 1. The Kier molecular flexibility index (Phi) is 9.10. The molecule has 3 aliphatic rings. The molecule has 2 aromatic heterocycles. The molecule has 4 heterocycles. The van der Waals surface area contributed by atoms with Gasteiger partial charge in [0.1, 0.15) is 29.0 Å². The number of ether oxygens (including phenoxy) is 3. The maximum Gasteiger partial charge on any atom is 0.410 e. The fourth-order valence-corrected chi connectivity index (χ4v) is 6.78.